The molecule has 2 aromatic carbocycles. The van der Waals surface area contributed by atoms with Crippen molar-refractivity contribution >= 4 is 38.6 Å². The molecule has 0 radical (unpaired) electrons. The number of hydrogen-bond acceptors (Lipinski definition) is 8. The van der Waals surface area contributed by atoms with Gasteiger partial charge in [0.05, 0.1) is 5.52 Å². The molecule has 1 aliphatic rings. The van der Waals surface area contributed by atoms with Crippen LogP contribution in [0.15, 0.2) is 48.5 Å². The molecule has 0 atom stereocenters. The van der Waals surface area contributed by atoms with E-state index in [2.05, 4.69) is 14.8 Å². The molecule has 0 fully saturated rings. The maximum Gasteiger partial charge on any atom is 0.534 e. The van der Waals surface area contributed by atoms with Gasteiger partial charge in [-0.05, 0) is 55.7 Å². The third-order valence-electron chi connectivity index (χ3n) is 6.23. The second kappa shape index (κ2) is 9.76. The molecule has 14 heteroatoms. The number of aromatic nitrogens is 3. The molecule has 0 saturated carbocycles. The van der Waals surface area contributed by atoms with Crippen molar-refractivity contribution in [2.75, 3.05) is 17.2 Å². The second-order valence-corrected chi connectivity index (χ2v) is 10.5. The predicted molar refractivity (Wildman–Crippen MR) is 138 cm³/mol. The lowest BCUT2D eigenvalue weighted by molar-refractivity contribution is -0.0500. The summed E-state index contributed by atoms with van der Waals surface area (Å²) in [6.07, 6.45) is 1.53. The predicted octanol–water partition coefficient (Wildman–Crippen LogP) is 4.03. The Labute approximate surface area is 221 Å². The Morgan fingerprint density at radius 2 is 1.95 bits per heavy atom. The Hall–Kier alpha value is -4.33. The van der Waals surface area contributed by atoms with Gasteiger partial charge < -0.3 is 20.6 Å². The lowest BCUT2D eigenvalue weighted by Gasteiger charge is -2.22. The number of aryl methyl sites for hydroxylation is 1. The third kappa shape index (κ3) is 5.06. The largest absolute Gasteiger partial charge is 0.534 e. The minimum absolute atomic E-state index is 0.114. The number of halogens is 3. The zero-order chi connectivity index (χ0) is 27.9. The number of fused-ring (bicyclic) bond motifs is 2. The normalized spacial score (nSPS) is 13.5. The van der Waals surface area contributed by atoms with Gasteiger partial charge in [0.2, 0.25) is 11.9 Å². The summed E-state index contributed by atoms with van der Waals surface area (Å²) in [5, 5.41) is 7.14. The zero-order valence-electron chi connectivity index (χ0n) is 20.5. The zero-order valence-corrected chi connectivity index (χ0v) is 21.4. The molecular weight excluding hydrogens is 537 g/mol. The molecule has 1 amide bonds. The fourth-order valence-electron chi connectivity index (χ4n) is 4.48. The van der Waals surface area contributed by atoms with Gasteiger partial charge in [-0.1, -0.05) is 18.2 Å². The number of carbonyl (C=O) groups is 1. The lowest BCUT2D eigenvalue weighted by Crippen LogP contribution is -2.28. The van der Waals surface area contributed by atoms with Crippen LogP contribution < -0.4 is 20.6 Å². The Morgan fingerprint density at radius 3 is 2.69 bits per heavy atom. The number of amides is 1. The minimum Gasteiger partial charge on any atom is -0.376 e. The van der Waals surface area contributed by atoms with E-state index >= 15 is 0 Å². The van der Waals surface area contributed by atoms with Gasteiger partial charge in [-0.2, -0.15) is 31.6 Å². The lowest BCUT2D eigenvalue weighted by atomic mass is 10.1. The van der Waals surface area contributed by atoms with Gasteiger partial charge in [0, 0.05) is 35.3 Å². The molecule has 3 heterocycles. The van der Waals surface area contributed by atoms with Crippen molar-refractivity contribution < 1.29 is 30.6 Å². The summed E-state index contributed by atoms with van der Waals surface area (Å²) in [4.78, 5) is 21.4. The molecule has 0 aliphatic carbocycles. The summed E-state index contributed by atoms with van der Waals surface area (Å²) in [6, 6.07) is 12.4. The number of nitrogens with one attached hydrogen (secondary N) is 2. The van der Waals surface area contributed by atoms with E-state index in [1.54, 1.807) is 22.8 Å². The number of alkyl halides is 3. The molecule has 0 unspecified atom stereocenters. The van der Waals surface area contributed by atoms with Crippen LogP contribution >= 0.6 is 0 Å². The van der Waals surface area contributed by atoms with Crippen LogP contribution in [0.2, 0.25) is 0 Å². The minimum atomic E-state index is -5.79. The molecule has 0 bridgehead atoms. The molecule has 0 spiro atoms. The van der Waals surface area contributed by atoms with E-state index in [0.717, 1.165) is 23.7 Å². The van der Waals surface area contributed by atoms with E-state index in [0.29, 0.717) is 52.6 Å². The van der Waals surface area contributed by atoms with Gasteiger partial charge in [-0.3, -0.25) is 9.36 Å². The smallest absolute Gasteiger partial charge is 0.376 e. The average Bonchev–Trinajstić information content (AvgIpc) is 3.22. The number of carbonyl (C=O) groups excluding carboxylic acids is 1. The first kappa shape index (κ1) is 26.3. The Bertz CT molecular complexity index is 1700. The number of hydrogen-bond donors (Lipinski definition) is 3. The number of benzene rings is 2. The molecule has 4 N–H and O–H groups in total. The number of rotatable bonds is 7. The Morgan fingerprint density at radius 1 is 1.18 bits per heavy atom. The van der Waals surface area contributed by atoms with Gasteiger partial charge >= 0.3 is 15.6 Å². The molecule has 2 aromatic heterocycles. The highest BCUT2D eigenvalue weighted by Crippen LogP contribution is 2.32. The van der Waals surface area contributed by atoms with E-state index < -0.39 is 27.3 Å². The molecule has 204 valence electrons. The molecule has 5 rings (SSSR count). The fourth-order valence-corrected chi connectivity index (χ4v) is 4.94. The van der Waals surface area contributed by atoms with Gasteiger partial charge in [0.1, 0.15) is 17.4 Å². The summed E-state index contributed by atoms with van der Waals surface area (Å²) in [5.74, 6) is 0.465. The number of primary amides is 1. The van der Waals surface area contributed by atoms with E-state index in [4.69, 9.17) is 15.7 Å². The quantitative estimate of drug-likeness (QED) is 0.227. The Balaban J connectivity index is 1.49. The van der Waals surface area contributed by atoms with Crippen LogP contribution in [-0.2, 0) is 23.1 Å². The van der Waals surface area contributed by atoms with Gasteiger partial charge in [0.15, 0.2) is 0 Å². The topological polar surface area (TPSA) is 141 Å². The van der Waals surface area contributed by atoms with E-state index in [1.165, 1.54) is 12.1 Å². The molecule has 10 nitrogen and oxygen atoms in total. The number of nitrogens with two attached hydrogens (primary N) is 1. The standard InChI is InChI=1S/C25H23F3N6O4S/c1-14-11-19-17(21(29)35)7-3-9-20(19)34(14)24-32-22-18(8-4-10-30-22)23(33-24)31-13-15-5-2-6-16(12-15)38-39(36,37)25(26,27)28/h2-3,5-7,9,11-12H,4,8,10,13H2,1H3,(H2,29,35)(H2,30,31,32,33). The van der Waals surface area contributed by atoms with Crippen LogP contribution in [0.3, 0.4) is 0 Å². The van der Waals surface area contributed by atoms with Gasteiger partial charge in [0.25, 0.3) is 0 Å². The summed E-state index contributed by atoms with van der Waals surface area (Å²) in [6.45, 7) is 2.69. The number of nitrogens with zero attached hydrogens (tertiary/aromatic N) is 3. The molecular formula is C25H23F3N6O4S. The van der Waals surface area contributed by atoms with Crippen molar-refractivity contribution in [3.63, 3.8) is 0 Å². The van der Waals surface area contributed by atoms with E-state index in [1.807, 2.05) is 19.1 Å². The van der Waals surface area contributed by atoms with Crippen LogP contribution in [-0.4, -0.2) is 40.9 Å². The SMILES string of the molecule is Cc1cc2c(C(N)=O)cccc2n1-c1nc2c(c(NCc3cccc(OS(=O)(=O)C(F)(F)F)c3)n1)CCCN2. The first-order valence-corrected chi connectivity index (χ1v) is 13.2. The van der Waals surface area contributed by atoms with E-state index in [-0.39, 0.29) is 6.54 Å². The number of anilines is 2. The summed E-state index contributed by atoms with van der Waals surface area (Å²) < 4.78 is 67.0. The van der Waals surface area contributed by atoms with Gasteiger partial charge in [-0.15, -0.1) is 0 Å². The maximum atomic E-state index is 12.7. The molecule has 39 heavy (non-hydrogen) atoms. The van der Waals surface area contributed by atoms with Crippen LogP contribution in [0.1, 0.15) is 33.6 Å². The van der Waals surface area contributed by atoms with Crippen molar-refractivity contribution in [2.45, 2.75) is 31.8 Å². The summed E-state index contributed by atoms with van der Waals surface area (Å²) in [5.41, 5.74) is 3.17. The Kier molecular flexibility index (Phi) is 6.58. The van der Waals surface area contributed by atoms with E-state index in [9.17, 15) is 26.4 Å². The molecule has 0 saturated heterocycles. The van der Waals surface area contributed by atoms with Crippen molar-refractivity contribution in [1.82, 2.24) is 14.5 Å². The van der Waals surface area contributed by atoms with Crippen LogP contribution in [0.4, 0.5) is 24.8 Å². The maximum absolute atomic E-state index is 12.7. The van der Waals surface area contributed by atoms with Gasteiger partial charge in [-0.25, -0.2) is 0 Å². The highest BCUT2D eigenvalue weighted by molar-refractivity contribution is 7.88. The molecule has 4 aromatic rings. The van der Waals surface area contributed by atoms with Crippen molar-refractivity contribution in [3.05, 3.63) is 70.9 Å². The third-order valence-corrected chi connectivity index (χ3v) is 7.21. The van der Waals surface area contributed by atoms with Crippen molar-refractivity contribution in [2.24, 2.45) is 5.73 Å². The summed E-state index contributed by atoms with van der Waals surface area (Å²) in [7, 11) is -5.79. The summed E-state index contributed by atoms with van der Waals surface area (Å²) >= 11 is 0. The average molecular weight is 561 g/mol. The first-order chi connectivity index (χ1) is 18.4. The van der Waals surface area contributed by atoms with Crippen LogP contribution in [0, 0.1) is 6.92 Å². The molecule has 1 aliphatic heterocycles. The second-order valence-electron chi connectivity index (χ2n) is 8.94. The van der Waals surface area contributed by atoms with Crippen LogP contribution in [0.5, 0.6) is 5.75 Å². The first-order valence-electron chi connectivity index (χ1n) is 11.8. The highest BCUT2D eigenvalue weighted by atomic mass is 32.2. The highest BCUT2D eigenvalue weighted by Gasteiger charge is 2.48. The fraction of sp³-hybridized carbons (Fsp3) is 0.240. The van der Waals surface area contributed by atoms with Crippen LogP contribution in [0.25, 0.3) is 16.9 Å². The van der Waals surface area contributed by atoms with Crippen molar-refractivity contribution in [1.29, 1.82) is 0 Å². The monoisotopic (exact) mass is 560 g/mol. The van der Waals surface area contributed by atoms with Crippen molar-refractivity contribution in [3.8, 4) is 11.7 Å².